The number of hydrogen-bond acceptors (Lipinski definition) is 10. The smallest absolute Gasteiger partial charge is 0.344 e. The molecule has 2 aromatic rings. The molecule has 0 heterocycles. The highest BCUT2D eigenvalue weighted by Crippen LogP contribution is 2.33. The molecule has 0 fully saturated rings. The summed E-state index contributed by atoms with van der Waals surface area (Å²) in [7, 11) is 2.74. The monoisotopic (exact) mass is 534 g/mol. The topological polar surface area (TPSA) is 117 Å². The van der Waals surface area contributed by atoms with Crippen LogP contribution < -0.4 is 5.32 Å². The maximum Gasteiger partial charge on any atom is 0.344 e. The molecule has 0 saturated carbocycles. The lowest BCUT2D eigenvalue weighted by Crippen LogP contribution is -2.18. The fourth-order valence-electron chi connectivity index (χ4n) is 2.39. The van der Waals surface area contributed by atoms with Crippen LogP contribution in [0.15, 0.2) is 42.5 Å². The highest BCUT2D eigenvalue weighted by atomic mass is 35.5. The number of para-hydroxylation sites is 2. The third-order valence-corrected chi connectivity index (χ3v) is 6.77. The van der Waals surface area contributed by atoms with Gasteiger partial charge >= 0.3 is 11.9 Å². The molecule has 33 heavy (non-hydrogen) atoms. The summed E-state index contributed by atoms with van der Waals surface area (Å²) >= 11 is 12.4. The molecule has 178 valence electrons. The number of esters is 2. The Hall–Kier alpha value is -2.34. The van der Waals surface area contributed by atoms with Crippen molar-refractivity contribution in [2.24, 2.45) is 0 Å². The van der Waals surface area contributed by atoms with Gasteiger partial charge in [0.25, 0.3) is 5.09 Å². The van der Waals surface area contributed by atoms with Crippen molar-refractivity contribution in [3.8, 4) is 0 Å². The van der Waals surface area contributed by atoms with Gasteiger partial charge in [0.1, 0.15) is 13.2 Å². The molecule has 0 aliphatic heterocycles. The number of nitrogens with zero attached hydrogens (tertiary/aromatic N) is 1. The minimum atomic E-state index is -0.849. The van der Waals surface area contributed by atoms with Gasteiger partial charge in [-0.15, -0.1) is 10.1 Å². The summed E-state index contributed by atoms with van der Waals surface area (Å²) < 4.78 is 9.99. The van der Waals surface area contributed by atoms with E-state index in [0.717, 1.165) is 0 Å². The Morgan fingerprint density at radius 2 is 1.61 bits per heavy atom. The number of ether oxygens (including phenoxy) is 2. The third kappa shape index (κ3) is 10.4. The van der Waals surface area contributed by atoms with Crippen LogP contribution in [0.25, 0.3) is 0 Å². The van der Waals surface area contributed by atoms with E-state index in [2.05, 4.69) is 10.2 Å². The van der Waals surface area contributed by atoms with E-state index in [1.807, 2.05) is 0 Å². The number of rotatable bonds is 14. The lowest BCUT2D eigenvalue weighted by molar-refractivity contribution is -0.756. The molecule has 0 bridgehead atoms. The first-order valence-electron chi connectivity index (χ1n) is 9.48. The van der Waals surface area contributed by atoms with Gasteiger partial charge in [-0.2, -0.15) is 0 Å². The van der Waals surface area contributed by atoms with Crippen LogP contribution in [0.5, 0.6) is 0 Å². The van der Waals surface area contributed by atoms with Gasteiger partial charge in [-0.3, -0.25) is 4.79 Å². The van der Waals surface area contributed by atoms with Crippen molar-refractivity contribution in [2.75, 3.05) is 36.6 Å². The summed E-state index contributed by atoms with van der Waals surface area (Å²) in [6, 6.07) is 12.2. The van der Waals surface area contributed by atoms with Crippen LogP contribution in [0.3, 0.4) is 0 Å². The molecule has 2 aromatic carbocycles. The number of anilines is 2. The number of benzene rings is 2. The third-order valence-electron chi connectivity index (χ3n) is 3.80. The highest BCUT2D eigenvalue weighted by molar-refractivity contribution is 8.76. The lowest BCUT2D eigenvalue weighted by atomic mass is 10.1. The van der Waals surface area contributed by atoms with E-state index in [4.69, 9.17) is 32.7 Å². The SMILES string of the molecule is O=C(COC(=O)Cc1ccccc1Nc1c(Cl)cccc1Cl)OCCSSCCO[N+](=O)[O-]. The van der Waals surface area contributed by atoms with Crippen molar-refractivity contribution in [1.29, 1.82) is 0 Å². The van der Waals surface area contributed by atoms with Crippen LogP contribution in [0.4, 0.5) is 11.4 Å². The zero-order chi connectivity index (χ0) is 24.1. The molecule has 2 rings (SSSR count). The van der Waals surface area contributed by atoms with Crippen LogP contribution in [-0.4, -0.2) is 48.4 Å². The van der Waals surface area contributed by atoms with Crippen molar-refractivity contribution >= 4 is 68.1 Å². The predicted molar refractivity (Wildman–Crippen MR) is 130 cm³/mol. The molecule has 0 aliphatic carbocycles. The van der Waals surface area contributed by atoms with E-state index >= 15 is 0 Å². The molecular formula is C20H20Cl2N2O7S2. The van der Waals surface area contributed by atoms with Crippen molar-refractivity contribution in [3.63, 3.8) is 0 Å². The van der Waals surface area contributed by atoms with Gasteiger partial charge in [-0.05, 0) is 23.8 Å². The van der Waals surface area contributed by atoms with Crippen LogP contribution in [0.1, 0.15) is 5.56 Å². The summed E-state index contributed by atoms with van der Waals surface area (Å²) in [6.45, 7) is -0.390. The second-order valence-corrected chi connectivity index (χ2v) is 9.65. The number of carbonyl (C=O) groups is 2. The molecule has 0 saturated heterocycles. The van der Waals surface area contributed by atoms with Gasteiger partial charge in [0.2, 0.25) is 0 Å². The number of carbonyl (C=O) groups excluding carboxylic acids is 2. The molecule has 1 N–H and O–H groups in total. The average Bonchev–Trinajstić information content (AvgIpc) is 2.77. The second kappa shape index (κ2) is 14.7. The Morgan fingerprint density at radius 3 is 2.30 bits per heavy atom. The number of hydrogen-bond donors (Lipinski definition) is 1. The Bertz CT molecular complexity index is 946. The summed E-state index contributed by atoms with van der Waals surface area (Å²) in [6.07, 6.45) is -0.0722. The van der Waals surface area contributed by atoms with Crippen molar-refractivity contribution in [1.82, 2.24) is 0 Å². The molecule has 0 spiro atoms. The molecule has 0 radical (unpaired) electrons. The normalized spacial score (nSPS) is 10.4. The largest absolute Gasteiger partial charge is 0.462 e. The Kier molecular flexibility index (Phi) is 12.0. The summed E-state index contributed by atoms with van der Waals surface area (Å²) in [5, 5.41) is 13.1. The molecule has 9 nitrogen and oxygen atoms in total. The van der Waals surface area contributed by atoms with E-state index < -0.39 is 23.6 Å². The van der Waals surface area contributed by atoms with E-state index in [-0.39, 0.29) is 19.6 Å². The zero-order valence-electron chi connectivity index (χ0n) is 17.2. The van der Waals surface area contributed by atoms with Gasteiger partial charge in [-0.1, -0.05) is 69.1 Å². The van der Waals surface area contributed by atoms with Crippen LogP contribution in [-0.2, 0) is 30.3 Å². The summed E-state index contributed by atoms with van der Waals surface area (Å²) in [4.78, 5) is 38.1. The molecule has 0 unspecified atom stereocenters. The second-order valence-electron chi connectivity index (χ2n) is 6.14. The molecule has 0 amide bonds. The summed E-state index contributed by atoms with van der Waals surface area (Å²) in [5.74, 6) is -0.357. The van der Waals surface area contributed by atoms with Gasteiger partial charge in [0.05, 0.1) is 22.2 Å². The Labute approximate surface area is 207 Å². The summed E-state index contributed by atoms with van der Waals surface area (Å²) in [5.41, 5.74) is 1.79. The van der Waals surface area contributed by atoms with Gasteiger partial charge in [-0.25, -0.2) is 4.79 Å². The van der Waals surface area contributed by atoms with Gasteiger partial charge in [0.15, 0.2) is 6.61 Å². The number of nitrogens with one attached hydrogen (secondary N) is 1. The first-order valence-corrected chi connectivity index (χ1v) is 12.7. The first kappa shape index (κ1) is 26.9. The van der Waals surface area contributed by atoms with Crippen LogP contribution >= 0.6 is 44.8 Å². The van der Waals surface area contributed by atoms with Gasteiger partial charge in [0, 0.05) is 17.2 Å². The van der Waals surface area contributed by atoms with Crippen molar-refractivity contribution in [3.05, 3.63) is 68.2 Å². The molecule has 0 aromatic heterocycles. The zero-order valence-corrected chi connectivity index (χ0v) is 20.3. The van der Waals surface area contributed by atoms with E-state index in [1.165, 1.54) is 21.6 Å². The number of halogens is 2. The quantitative estimate of drug-likeness (QED) is 0.117. The van der Waals surface area contributed by atoms with E-state index in [9.17, 15) is 19.7 Å². The fourth-order valence-corrected chi connectivity index (χ4v) is 4.53. The lowest BCUT2D eigenvalue weighted by Gasteiger charge is -2.14. The molecule has 13 heteroatoms. The van der Waals surface area contributed by atoms with E-state index in [1.54, 1.807) is 42.5 Å². The van der Waals surface area contributed by atoms with Crippen LogP contribution in [0, 0.1) is 10.1 Å². The minimum absolute atomic E-state index is 0.00944. The van der Waals surface area contributed by atoms with Crippen molar-refractivity contribution in [2.45, 2.75) is 6.42 Å². The average molecular weight is 535 g/mol. The predicted octanol–water partition coefficient (Wildman–Crippen LogP) is 4.96. The van der Waals surface area contributed by atoms with Crippen LogP contribution in [0.2, 0.25) is 10.0 Å². The maximum atomic E-state index is 12.2. The maximum absolute atomic E-state index is 12.2. The van der Waals surface area contributed by atoms with E-state index in [0.29, 0.717) is 38.5 Å². The standard InChI is InChI=1S/C20H20Cl2N2O7S2/c21-15-5-3-6-16(22)20(15)23-17-7-2-1-4-14(17)12-18(25)30-13-19(26)29-8-10-32-33-11-9-31-24(27)28/h1-7,23H,8-13H2. The van der Waals surface area contributed by atoms with Gasteiger partial charge < -0.3 is 19.6 Å². The molecule has 0 atom stereocenters. The minimum Gasteiger partial charge on any atom is -0.462 e. The molecular weight excluding hydrogens is 515 g/mol. The molecule has 0 aliphatic rings. The highest BCUT2D eigenvalue weighted by Gasteiger charge is 2.14. The first-order chi connectivity index (χ1) is 15.9. The Balaban J connectivity index is 1.71. The Morgan fingerprint density at radius 1 is 0.939 bits per heavy atom. The van der Waals surface area contributed by atoms with Crippen molar-refractivity contribution < 1.29 is 29.0 Å². The fraction of sp³-hybridized carbons (Fsp3) is 0.300.